The number of fused-ring (bicyclic) bond motifs is 2. The molecule has 198 valence electrons. The lowest BCUT2D eigenvalue weighted by molar-refractivity contribution is -0.139. The molecule has 5 heteroatoms. The van der Waals surface area contributed by atoms with Crippen LogP contribution in [0.25, 0.3) is 11.1 Å². The average Bonchev–Trinajstić information content (AvgIpc) is 3.37. The molecule has 1 N–H and O–H groups in total. The van der Waals surface area contributed by atoms with Crippen LogP contribution in [0.15, 0.2) is 48.5 Å². The predicted molar refractivity (Wildman–Crippen MR) is 143 cm³/mol. The van der Waals surface area contributed by atoms with E-state index in [9.17, 15) is 14.3 Å². The summed E-state index contributed by atoms with van der Waals surface area (Å²) in [5.74, 6) is -1.01. The van der Waals surface area contributed by atoms with Crippen molar-refractivity contribution in [3.05, 3.63) is 88.0 Å². The van der Waals surface area contributed by atoms with E-state index < -0.39 is 11.8 Å². The van der Waals surface area contributed by atoms with Crippen molar-refractivity contribution < 1.29 is 23.4 Å². The van der Waals surface area contributed by atoms with Gasteiger partial charge in [-0.1, -0.05) is 38.0 Å². The zero-order valence-electron chi connectivity index (χ0n) is 22.2. The maximum atomic E-state index is 15.6. The zero-order valence-corrected chi connectivity index (χ0v) is 22.2. The average molecular weight is 517 g/mol. The highest BCUT2D eigenvalue weighted by Crippen LogP contribution is 2.62. The van der Waals surface area contributed by atoms with Crippen molar-refractivity contribution in [1.29, 1.82) is 0 Å². The molecular formula is C33H34F2O3. The number of benzene rings is 3. The van der Waals surface area contributed by atoms with Gasteiger partial charge in [-0.2, -0.15) is 0 Å². The van der Waals surface area contributed by atoms with Gasteiger partial charge in [-0.3, -0.25) is 4.79 Å². The summed E-state index contributed by atoms with van der Waals surface area (Å²) in [4.78, 5) is 11.6. The lowest BCUT2D eigenvalue weighted by atomic mass is 9.75. The zero-order chi connectivity index (χ0) is 26.8. The van der Waals surface area contributed by atoms with Crippen LogP contribution in [0.5, 0.6) is 5.75 Å². The molecular weight excluding hydrogens is 482 g/mol. The molecule has 3 aliphatic carbocycles. The van der Waals surface area contributed by atoms with Gasteiger partial charge >= 0.3 is 5.97 Å². The van der Waals surface area contributed by atoms with E-state index in [1.54, 1.807) is 12.1 Å². The Labute approximate surface area is 222 Å². The molecule has 0 bridgehead atoms. The Bertz CT molecular complexity index is 1440. The molecule has 3 aromatic rings. The van der Waals surface area contributed by atoms with Gasteiger partial charge in [0.05, 0.1) is 5.92 Å². The standard InChI is InChI=1S/C33H34F2O3/c1-19-6-9-29(34)25(13-19)23-16-30(35)21(14-24(23)26-5-4-11-32(26,2)3)18-38-22-8-7-20-10-12-33(27(20)15-22)17-28(33)31(36)37/h6-9,13-16,26,28H,4-5,10-12,17-18H2,1-3H3,(H,36,37)/t26-,28+,33+/m1/s1. The smallest absolute Gasteiger partial charge is 0.307 e. The van der Waals surface area contributed by atoms with Gasteiger partial charge in [0.25, 0.3) is 0 Å². The van der Waals surface area contributed by atoms with Crippen molar-refractivity contribution in [1.82, 2.24) is 0 Å². The van der Waals surface area contributed by atoms with Crippen LogP contribution in [0, 0.1) is 29.9 Å². The predicted octanol–water partition coefficient (Wildman–Crippen LogP) is 8.10. The maximum absolute atomic E-state index is 15.6. The van der Waals surface area contributed by atoms with E-state index in [2.05, 4.69) is 13.8 Å². The van der Waals surface area contributed by atoms with Crippen LogP contribution in [0.2, 0.25) is 0 Å². The molecule has 6 rings (SSSR count). The highest BCUT2D eigenvalue weighted by atomic mass is 19.1. The summed E-state index contributed by atoms with van der Waals surface area (Å²) in [6.07, 6.45) is 5.55. The molecule has 3 aliphatic rings. The minimum absolute atomic E-state index is 0.0320. The van der Waals surface area contributed by atoms with Crippen LogP contribution < -0.4 is 4.74 Å². The molecule has 2 fully saturated rings. The topological polar surface area (TPSA) is 46.5 Å². The van der Waals surface area contributed by atoms with Crippen molar-refractivity contribution in [2.24, 2.45) is 11.3 Å². The third-order valence-corrected chi connectivity index (χ3v) is 9.49. The first-order chi connectivity index (χ1) is 18.1. The molecule has 0 aliphatic heterocycles. The molecule has 0 saturated heterocycles. The third kappa shape index (κ3) is 4.11. The monoisotopic (exact) mass is 516 g/mol. The highest BCUT2D eigenvalue weighted by molar-refractivity contribution is 5.78. The van der Waals surface area contributed by atoms with E-state index in [0.29, 0.717) is 28.9 Å². The SMILES string of the molecule is Cc1ccc(F)c(-c2cc(F)c(COc3ccc4c(c3)[C@]3(CC4)C[C@H]3C(=O)O)cc2[C@H]2CCCC2(C)C)c1. The van der Waals surface area contributed by atoms with Gasteiger partial charge in [0, 0.05) is 16.5 Å². The minimum Gasteiger partial charge on any atom is -0.489 e. The van der Waals surface area contributed by atoms with Gasteiger partial charge in [0.15, 0.2) is 0 Å². The summed E-state index contributed by atoms with van der Waals surface area (Å²) >= 11 is 0. The normalized spacial score (nSPS) is 25.0. The van der Waals surface area contributed by atoms with E-state index in [4.69, 9.17) is 4.74 Å². The van der Waals surface area contributed by atoms with Gasteiger partial charge < -0.3 is 9.84 Å². The lowest BCUT2D eigenvalue weighted by Gasteiger charge is -2.30. The number of ether oxygens (including phenoxy) is 1. The van der Waals surface area contributed by atoms with Crippen molar-refractivity contribution in [3.8, 4) is 16.9 Å². The number of hydrogen-bond acceptors (Lipinski definition) is 2. The molecule has 0 aromatic heterocycles. The number of rotatable bonds is 6. The quantitative estimate of drug-likeness (QED) is 0.360. The fraction of sp³-hybridized carbons (Fsp3) is 0.424. The van der Waals surface area contributed by atoms with E-state index in [-0.39, 0.29) is 35.1 Å². The molecule has 0 unspecified atom stereocenters. The molecule has 2 saturated carbocycles. The van der Waals surface area contributed by atoms with Gasteiger partial charge in [-0.05, 0) is 109 Å². The van der Waals surface area contributed by atoms with Crippen LogP contribution in [0.4, 0.5) is 8.78 Å². The Balaban J connectivity index is 1.33. The molecule has 38 heavy (non-hydrogen) atoms. The van der Waals surface area contributed by atoms with E-state index >= 15 is 4.39 Å². The number of halogens is 2. The Kier molecular flexibility index (Phi) is 5.89. The van der Waals surface area contributed by atoms with Gasteiger partial charge in [0.2, 0.25) is 0 Å². The number of carboxylic acid groups (broad SMARTS) is 1. The second kappa shape index (κ2) is 8.93. The molecule has 3 nitrogen and oxygen atoms in total. The minimum atomic E-state index is -0.737. The summed E-state index contributed by atoms with van der Waals surface area (Å²) in [6, 6.07) is 14.2. The van der Waals surface area contributed by atoms with Crippen molar-refractivity contribution in [2.75, 3.05) is 0 Å². The summed E-state index contributed by atoms with van der Waals surface area (Å²) in [5.41, 5.74) is 5.44. The Morgan fingerprint density at radius 2 is 1.84 bits per heavy atom. The van der Waals surface area contributed by atoms with Crippen LogP contribution in [0.1, 0.15) is 79.7 Å². The van der Waals surface area contributed by atoms with Crippen LogP contribution in [-0.2, 0) is 23.2 Å². The summed E-state index contributed by atoms with van der Waals surface area (Å²) in [5, 5.41) is 9.55. The van der Waals surface area contributed by atoms with Crippen LogP contribution in [-0.4, -0.2) is 11.1 Å². The van der Waals surface area contributed by atoms with Gasteiger partial charge in [-0.15, -0.1) is 0 Å². The fourth-order valence-corrected chi connectivity index (χ4v) is 7.20. The largest absolute Gasteiger partial charge is 0.489 e. The molecule has 1 spiro atoms. The van der Waals surface area contributed by atoms with Crippen molar-refractivity contribution in [3.63, 3.8) is 0 Å². The molecule has 0 heterocycles. The Morgan fingerprint density at radius 1 is 1.03 bits per heavy atom. The summed E-state index contributed by atoms with van der Waals surface area (Å²) in [7, 11) is 0. The second-order valence-corrected chi connectivity index (χ2v) is 12.3. The van der Waals surface area contributed by atoms with Crippen molar-refractivity contribution in [2.45, 2.75) is 77.2 Å². The molecule has 0 radical (unpaired) electrons. The lowest BCUT2D eigenvalue weighted by Crippen LogP contribution is -2.17. The van der Waals surface area contributed by atoms with Gasteiger partial charge in [0.1, 0.15) is 24.0 Å². The number of carbonyl (C=O) groups is 1. The highest BCUT2D eigenvalue weighted by Gasteiger charge is 2.61. The van der Waals surface area contributed by atoms with Crippen LogP contribution in [0.3, 0.4) is 0 Å². The number of hydrogen-bond donors (Lipinski definition) is 1. The van der Waals surface area contributed by atoms with Crippen molar-refractivity contribution >= 4 is 5.97 Å². The van der Waals surface area contributed by atoms with Gasteiger partial charge in [-0.25, -0.2) is 8.78 Å². The summed E-state index contributed by atoms with van der Waals surface area (Å²) in [6.45, 7) is 6.45. The fourth-order valence-electron chi connectivity index (χ4n) is 7.20. The molecule has 3 atom stereocenters. The molecule has 0 amide bonds. The number of aliphatic carboxylic acids is 1. The number of carboxylic acids is 1. The van der Waals surface area contributed by atoms with Crippen LogP contribution >= 0.6 is 0 Å². The maximum Gasteiger partial charge on any atom is 0.307 e. The first-order valence-corrected chi connectivity index (χ1v) is 13.7. The summed E-state index contributed by atoms with van der Waals surface area (Å²) < 4.78 is 36.7. The third-order valence-electron chi connectivity index (χ3n) is 9.49. The first kappa shape index (κ1) is 25.1. The first-order valence-electron chi connectivity index (χ1n) is 13.7. The number of aryl methyl sites for hydroxylation is 2. The van der Waals surface area contributed by atoms with E-state index in [1.807, 2.05) is 31.2 Å². The second-order valence-electron chi connectivity index (χ2n) is 12.3. The Morgan fingerprint density at radius 3 is 2.55 bits per heavy atom. The molecule has 3 aromatic carbocycles. The Hall–Kier alpha value is -3.21. The van der Waals surface area contributed by atoms with E-state index in [0.717, 1.165) is 48.8 Å². The van der Waals surface area contributed by atoms with E-state index in [1.165, 1.54) is 17.7 Å².